The van der Waals surface area contributed by atoms with Gasteiger partial charge in [0.1, 0.15) is 0 Å². The van der Waals surface area contributed by atoms with E-state index in [0.717, 1.165) is 45.1 Å². The molecule has 2 fully saturated rings. The second-order valence-corrected chi connectivity index (χ2v) is 7.10. The third-order valence-electron chi connectivity index (χ3n) is 4.85. The summed E-state index contributed by atoms with van der Waals surface area (Å²) in [5.74, 6) is 1.57. The lowest BCUT2D eigenvalue weighted by Crippen LogP contribution is -2.41. The molecular weight excluding hydrogens is 332 g/mol. The van der Waals surface area contributed by atoms with Crippen molar-refractivity contribution in [1.82, 2.24) is 16.0 Å². The number of ether oxygens (including phenoxy) is 2. The van der Waals surface area contributed by atoms with E-state index in [1.165, 1.54) is 25.7 Å². The zero-order chi connectivity index (χ0) is 18.5. The van der Waals surface area contributed by atoms with Crippen molar-refractivity contribution >= 4 is 11.9 Å². The van der Waals surface area contributed by atoms with E-state index in [0.29, 0.717) is 32.0 Å². The van der Waals surface area contributed by atoms with E-state index in [1.807, 2.05) is 6.92 Å². The summed E-state index contributed by atoms with van der Waals surface area (Å²) in [6, 6.07) is 0. The molecule has 0 aromatic carbocycles. The van der Waals surface area contributed by atoms with Gasteiger partial charge in [0.05, 0.1) is 12.7 Å². The van der Waals surface area contributed by atoms with Crippen LogP contribution >= 0.6 is 0 Å². The van der Waals surface area contributed by atoms with Gasteiger partial charge in [-0.2, -0.15) is 0 Å². The van der Waals surface area contributed by atoms with Gasteiger partial charge >= 0.3 is 0 Å². The van der Waals surface area contributed by atoms with Gasteiger partial charge in [-0.1, -0.05) is 12.8 Å². The summed E-state index contributed by atoms with van der Waals surface area (Å²) in [7, 11) is 0. The van der Waals surface area contributed by atoms with Crippen LogP contribution in [0.1, 0.15) is 51.9 Å². The molecule has 0 bridgehead atoms. The maximum atomic E-state index is 11.9. The van der Waals surface area contributed by atoms with Crippen LogP contribution in [0.25, 0.3) is 0 Å². The summed E-state index contributed by atoms with van der Waals surface area (Å²) in [5.41, 5.74) is 0. The van der Waals surface area contributed by atoms with E-state index in [-0.39, 0.29) is 12.0 Å². The van der Waals surface area contributed by atoms with Crippen LogP contribution in [0, 0.1) is 5.92 Å². The fourth-order valence-electron chi connectivity index (χ4n) is 3.42. The van der Waals surface area contributed by atoms with E-state index in [1.54, 1.807) is 0 Å². The van der Waals surface area contributed by atoms with Crippen LogP contribution in [0.15, 0.2) is 4.99 Å². The number of carbonyl (C=O) groups is 1. The lowest BCUT2D eigenvalue weighted by molar-refractivity contribution is -0.121. The molecular formula is C19H36N4O3. The van der Waals surface area contributed by atoms with Crippen LogP contribution in [-0.2, 0) is 14.3 Å². The molecule has 0 spiro atoms. The van der Waals surface area contributed by atoms with Crippen molar-refractivity contribution < 1.29 is 14.3 Å². The Morgan fingerprint density at radius 2 is 1.96 bits per heavy atom. The number of rotatable bonds is 11. The normalized spacial score (nSPS) is 21.1. The number of amides is 1. The minimum Gasteiger partial charge on any atom is -0.379 e. The second-order valence-electron chi connectivity index (χ2n) is 7.10. The predicted molar refractivity (Wildman–Crippen MR) is 103 cm³/mol. The molecule has 1 saturated heterocycles. The number of guanidine groups is 1. The molecule has 1 amide bonds. The Morgan fingerprint density at radius 3 is 2.69 bits per heavy atom. The summed E-state index contributed by atoms with van der Waals surface area (Å²) in [5, 5.41) is 9.49. The third kappa shape index (κ3) is 8.85. The Bertz CT molecular complexity index is 419. The molecule has 1 unspecified atom stereocenters. The van der Waals surface area contributed by atoms with Crippen molar-refractivity contribution in [1.29, 1.82) is 0 Å². The van der Waals surface area contributed by atoms with Crippen LogP contribution in [0.2, 0.25) is 0 Å². The van der Waals surface area contributed by atoms with Gasteiger partial charge in [-0.05, 0) is 38.5 Å². The predicted octanol–water partition coefficient (Wildman–Crippen LogP) is 1.43. The zero-order valence-electron chi connectivity index (χ0n) is 16.2. The maximum absolute atomic E-state index is 11.9. The molecule has 2 aliphatic rings. The molecule has 0 aromatic heterocycles. The standard InChI is InChI=1S/C19H36N4O3/c1-2-20-19(22-9-5-12-26-17-8-13-25-15-17)23-11-10-21-18(24)14-16-6-3-4-7-16/h16-17H,2-15H2,1H3,(H,21,24)(H2,20,22,23). The van der Waals surface area contributed by atoms with Crippen molar-refractivity contribution in [3.63, 3.8) is 0 Å². The summed E-state index contributed by atoms with van der Waals surface area (Å²) >= 11 is 0. The molecule has 150 valence electrons. The smallest absolute Gasteiger partial charge is 0.220 e. The van der Waals surface area contributed by atoms with Crippen LogP contribution in [0.3, 0.4) is 0 Å². The van der Waals surface area contributed by atoms with E-state index >= 15 is 0 Å². The number of aliphatic imine (C=N–C) groups is 1. The molecule has 26 heavy (non-hydrogen) atoms. The van der Waals surface area contributed by atoms with Crippen LogP contribution in [-0.4, -0.2) is 64.0 Å². The first-order valence-electron chi connectivity index (χ1n) is 10.3. The highest BCUT2D eigenvalue weighted by molar-refractivity contribution is 5.80. The highest BCUT2D eigenvalue weighted by atomic mass is 16.5. The van der Waals surface area contributed by atoms with E-state index in [2.05, 4.69) is 20.9 Å². The summed E-state index contributed by atoms with van der Waals surface area (Å²) in [6.07, 6.45) is 7.81. The van der Waals surface area contributed by atoms with Crippen molar-refractivity contribution in [2.75, 3.05) is 46.0 Å². The number of nitrogens with zero attached hydrogens (tertiary/aromatic N) is 1. The van der Waals surface area contributed by atoms with E-state index in [9.17, 15) is 4.79 Å². The van der Waals surface area contributed by atoms with Crippen molar-refractivity contribution in [3.8, 4) is 0 Å². The Morgan fingerprint density at radius 1 is 1.15 bits per heavy atom. The fourth-order valence-corrected chi connectivity index (χ4v) is 3.42. The lowest BCUT2D eigenvalue weighted by Gasteiger charge is -2.13. The SMILES string of the molecule is CCNC(=NCCCOC1CCOC1)NCCNC(=O)CC1CCCC1. The van der Waals surface area contributed by atoms with Gasteiger partial charge in [-0.15, -0.1) is 0 Å². The summed E-state index contributed by atoms with van der Waals surface area (Å²) in [6.45, 7) is 7.14. The van der Waals surface area contributed by atoms with Gasteiger partial charge in [0.15, 0.2) is 5.96 Å². The second kappa shape index (κ2) is 12.9. The van der Waals surface area contributed by atoms with Crippen molar-refractivity contribution in [3.05, 3.63) is 0 Å². The van der Waals surface area contributed by atoms with Gasteiger partial charge in [-0.3, -0.25) is 9.79 Å². The molecule has 1 saturated carbocycles. The Kier molecular flexibility index (Phi) is 10.4. The Labute approximate surface area is 157 Å². The molecule has 7 nitrogen and oxygen atoms in total. The highest BCUT2D eigenvalue weighted by Gasteiger charge is 2.18. The number of hydrogen-bond donors (Lipinski definition) is 3. The molecule has 0 aromatic rings. The number of carbonyl (C=O) groups excluding carboxylic acids is 1. The van der Waals surface area contributed by atoms with Gasteiger partial charge in [0.2, 0.25) is 5.91 Å². The Balaban J connectivity index is 1.52. The molecule has 1 aliphatic heterocycles. The lowest BCUT2D eigenvalue weighted by atomic mass is 10.0. The van der Waals surface area contributed by atoms with Crippen molar-refractivity contribution in [2.45, 2.75) is 58.0 Å². The third-order valence-corrected chi connectivity index (χ3v) is 4.85. The minimum atomic E-state index is 0.175. The topological polar surface area (TPSA) is 84.0 Å². The van der Waals surface area contributed by atoms with Crippen molar-refractivity contribution in [2.24, 2.45) is 10.9 Å². The molecule has 1 heterocycles. The van der Waals surface area contributed by atoms with Gasteiger partial charge in [-0.25, -0.2) is 0 Å². The highest BCUT2D eigenvalue weighted by Crippen LogP contribution is 2.27. The monoisotopic (exact) mass is 368 g/mol. The van der Waals surface area contributed by atoms with Gasteiger partial charge in [0.25, 0.3) is 0 Å². The minimum absolute atomic E-state index is 0.175. The average molecular weight is 369 g/mol. The maximum Gasteiger partial charge on any atom is 0.220 e. The molecule has 2 rings (SSSR count). The van der Waals surface area contributed by atoms with Crippen LogP contribution < -0.4 is 16.0 Å². The molecule has 3 N–H and O–H groups in total. The number of hydrogen-bond acceptors (Lipinski definition) is 4. The Hall–Kier alpha value is -1.34. The average Bonchev–Trinajstić information content (AvgIpc) is 3.32. The van der Waals surface area contributed by atoms with Crippen LogP contribution in [0.4, 0.5) is 0 Å². The van der Waals surface area contributed by atoms with Crippen LogP contribution in [0.5, 0.6) is 0 Å². The van der Waals surface area contributed by atoms with Gasteiger partial charge < -0.3 is 25.4 Å². The first-order chi connectivity index (χ1) is 12.8. The summed E-state index contributed by atoms with van der Waals surface area (Å²) in [4.78, 5) is 16.5. The quantitative estimate of drug-likeness (QED) is 0.292. The molecule has 1 aliphatic carbocycles. The van der Waals surface area contributed by atoms with Gasteiger partial charge in [0, 0.05) is 45.8 Å². The first-order valence-corrected chi connectivity index (χ1v) is 10.3. The van der Waals surface area contributed by atoms with E-state index < -0.39 is 0 Å². The largest absolute Gasteiger partial charge is 0.379 e. The molecule has 1 atom stereocenters. The number of nitrogens with one attached hydrogen (secondary N) is 3. The molecule has 7 heteroatoms. The van der Waals surface area contributed by atoms with E-state index in [4.69, 9.17) is 9.47 Å². The molecule has 0 radical (unpaired) electrons. The summed E-state index contributed by atoms with van der Waals surface area (Å²) < 4.78 is 11.0. The first kappa shape index (κ1) is 21.0. The zero-order valence-corrected chi connectivity index (χ0v) is 16.2. The fraction of sp³-hybridized carbons (Fsp3) is 0.895.